The van der Waals surface area contributed by atoms with E-state index in [0.717, 1.165) is 31.4 Å². The number of carbonyl (C=O) groups excluding carboxylic acids is 1. The van der Waals surface area contributed by atoms with Crippen LogP contribution in [-0.2, 0) is 6.18 Å². The zero-order chi connectivity index (χ0) is 14.0. The zero-order valence-corrected chi connectivity index (χ0v) is 10.3. The molecule has 0 saturated carbocycles. The number of amides is 2. The minimum absolute atomic E-state index is 0.214. The molecule has 0 aliphatic carbocycles. The van der Waals surface area contributed by atoms with E-state index < -0.39 is 17.8 Å². The third-order valence-corrected chi connectivity index (χ3v) is 3.41. The van der Waals surface area contributed by atoms with Crippen molar-refractivity contribution >= 4 is 6.03 Å². The average Bonchev–Trinajstić information content (AvgIpc) is 2.38. The Balaban J connectivity index is 2.23. The van der Waals surface area contributed by atoms with Crippen molar-refractivity contribution in [3.63, 3.8) is 0 Å². The van der Waals surface area contributed by atoms with Gasteiger partial charge in [-0.1, -0.05) is 12.1 Å². The summed E-state index contributed by atoms with van der Waals surface area (Å²) in [6.45, 7) is 0.557. The molecule has 1 heterocycles. The minimum Gasteiger partial charge on any atom is -0.351 e. The Kier molecular flexibility index (Phi) is 3.68. The van der Waals surface area contributed by atoms with Crippen LogP contribution in [0.4, 0.5) is 18.0 Å². The van der Waals surface area contributed by atoms with Crippen molar-refractivity contribution in [2.45, 2.75) is 31.5 Å². The van der Waals surface area contributed by atoms with Crippen LogP contribution >= 0.6 is 0 Å². The molecule has 3 nitrogen and oxygen atoms in total. The van der Waals surface area contributed by atoms with Gasteiger partial charge in [-0.25, -0.2) is 4.79 Å². The Morgan fingerprint density at radius 2 is 1.84 bits per heavy atom. The fourth-order valence-corrected chi connectivity index (χ4v) is 2.44. The van der Waals surface area contributed by atoms with E-state index in [9.17, 15) is 18.0 Å². The molecular formula is C13H15F3N2O. The van der Waals surface area contributed by atoms with Gasteiger partial charge in [-0.15, -0.1) is 0 Å². The summed E-state index contributed by atoms with van der Waals surface area (Å²) in [6, 6.07) is 4.20. The molecule has 104 valence electrons. The predicted molar refractivity (Wildman–Crippen MR) is 64.3 cm³/mol. The second kappa shape index (κ2) is 5.11. The van der Waals surface area contributed by atoms with Gasteiger partial charge < -0.3 is 10.6 Å². The molecule has 2 amide bonds. The number of benzene rings is 1. The van der Waals surface area contributed by atoms with Crippen LogP contribution < -0.4 is 5.73 Å². The maximum Gasteiger partial charge on any atom is 0.416 e. The van der Waals surface area contributed by atoms with E-state index >= 15 is 0 Å². The van der Waals surface area contributed by atoms with Crippen LogP contribution in [-0.4, -0.2) is 17.5 Å². The van der Waals surface area contributed by atoms with Gasteiger partial charge in [0.25, 0.3) is 0 Å². The summed E-state index contributed by atoms with van der Waals surface area (Å²) in [5, 5.41) is 0. The molecule has 1 aliphatic heterocycles. The summed E-state index contributed by atoms with van der Waals surface area (Å²) < 4.78 is 37.4. The molecule has 1 aromatic carbocycles. The number of primary amides is 1. The van der Waals surface area contributed by atoms with Crippen LogP contribution in [0.25, 0.3) is 0 Å². The number of hydrogen-bond donors (Lipinski definition) is 1. The van der Waals surface area contributed by atoms with Gasteiger partial charge >= 0.3 is 12.2 Å². The van der Waals surface area contributed by atoms with Gasteiger partial charge in [-0.3, -0.25) is 0 Å². The first kappa shape index (κ1) is 13.7. The van der Waals surface area contributed by atoms with Gasteiger partial charge in [-0.05, 0) is 37.0 Å². The number of nitrogens with zero attached hydrogens (tertiary/aromatic N) is 1. The monoisotopic (exact) mass is 272 g/mol. The summed E-state index contributed by atoms with van der Waals surface area (Å²) in [7, 11) is 0. The van der Waals surface area contributed by atoms with Gasteiger partial charge in [-0.2, -0.15) is 13.2 Å². The number of likely N-dealkylation sites (tertiary alicyclic amines) is 1. The summed E-state index contributed by atoms with van der Waals surface area (Å²) in [5.74, 6) is 0. The maximum absolute atomic E-state index is 12.5. The number of alkyl halides is 3. The Bertz CT molecular complexity index is 456. The smallest absolute Gasteiger partial charge is 0.351 e. The predicted octanol–water partition coefficient (Wildman–Crippen LogP) is 3.31. The summed E-state index contributed by atoms with van der Waals surface area (Å²) >= 11 is 0. The quantitative estimate of drug-likeness (QED) is 0.837. The second-order valence-electron chi connectivity index (χ2n) is 4.66. The molecular weight excluding hydrogens is 257 g/mol. The van der Waals surface area contributed by atoms with Crippen molar-refractivity contribution in [1.29, 1.82) is 0 Å². The van der Waals surface area contributed by atoms with E-state index in [1.54, 1.807) is 0 Å². The zero-order valence-electron chi connectivity index (χ0n) is 10.3. The van der Waals surface area contributed by atoms with Crippen molar-refractivity contribution in [3.8, 4) is 0 Å². The van der Waals surface area contributed by atoms with E-state index in [2.05, 4.69) is 0 Å². The van der Waals surface area contributed by atoms with Crippen LogP contribution in [0.3, 0.4) is 0 Å². The first-order valence-corrected chi connectivity index (χ1v) is 6.13. The van der Waals surface area contributed by atoms with Gasteiger partial charge in [0.1, 0.15) is 0 Å². The van der Waals surface area contributed by atoms with Crippen molar-refractivity contribution in [2.75, 3.05) is 6.54 Å². The largest absolute Gasteiger partial charge is 0.416 e. The highest BCUT2D eigenvalue weighted by atomic mass is 19.4. The molecule has 1 aromatic rings. The lowest BCUT2D eigenvalue weighted by Crippen LogP contribution is -2.41. The molecule has 19 heavy (non-hydrogen) atoms. The Hall–Kier alpha value is -1.72. The number of rotatable bonds is 1. The molecule has 1 saturated heterocycles. The molecule has 2 N–H and O–H groups in total. The Morgan fingerprint density at radius 1 is 1.21 bits per heavy atom. The van der Waals surface area contributed by atoms with Crippen molar-refractivity contribution in [1.82, 2.24) is 4.90 Å². The molecule has 0 unspecified atom stereocenters. The lowest BCUT2D eigenvalue weighted by Gasteiger charge is -2.34. The molecule has 0 spiro atoms. The van der Waals surface area contributed by atoms with Crippen LogP contribution in [0.1, 0.15) is 36.4 Å². The number of hydrogen-bond acceptors (Lipinski definition) is 1. The van der Waals surface area contributed by atoms with Crippen molar-refractivity contribution in [3.05, 3.63) is 35.4 Å². The first-order valence-electron chi connectivity index (χ1n) is 6.13. The molecule has 6 heteroatoms. The maximum atomic E-state index is 12.5. The van der Waals surface area contributed by atoms with E-state index in [1.165, 1.54) is 17.0 Å². The van der Waals surface area contributed by atoms with Crippen LogP contribution in [0.5, 0.6) is 0 Å². The summed E-state index contributed by atoms with van der Waals surface area (Å²) in [6.07, 6.45) is -1.79. The first-order chi connectivity index (χ1) is 8.89. The van der Waals surface area contributed by atoms with Crippen LogP contribution in [0, 0.1) is 0 Å². The molecule has 0 aromatic heterocycles. The third-order valence-electron chi connectivity index (χ3n) is 3.41. The number of halogens is 3. The number of urea groups is 1. The summed E-state index contributed by atoms with van der Waals surface area (Å²) in [4.78, 5) is 12.9. The highest BCUT2D eigenvalue weighted by Crippen LogP contribution is 2.33. The van der Waals surface area contributed by atoms with Gasteiger partial charge in [0.15, 0.2) is 0 Å². The fraction of sp³-hybridized carbons (Fsp3) is 0.462. The lowest BCUT2D eigenvalue weighted by molar-refractivity contribution is -0.137. The SMILES string of the molecule is NC(=O)N1CCCC[C@@H]1c1ccc(C(F)(F)F)cc1. The molecule has 0 bridgehead atoms. The second-order valence-corrected chi connectivity index (χ2v) is 4.66. The Morgan fingerprint density at radius 3 is 2.37 bits per heavy atom. The molecule has 1 fully saturated rings. The summed E-state index contributed by atoms with van der Waals surface area (Å²) in [5.41, 5.74) is 5.32. The number of nitrogens with two attached hydrogens (primary N) is 1. The van der Waals surface area contributed by atoms with E-state index in [-0.39, 0.29) is 6.04 Å². The van der Waals surface area contributed by atoms with Gasteiger partial charge in [0.2, 0.25) is 0 Å². The Labute approximate surface area is 109 Å². The van der Waals surface area contributed by atoms with Crippen molar-refractivity contribution < 1.29 is 18.0 Å². The molecule has 1 aliphatic rings. The highest BCUT2D eigenvalue weighted by molar-refractivity contribution is 5.72. The molecule has 0 radical (unpaired) electrons. The standard InChI is InChI=1S/C13H15F3N2O/c14-13(15,16)10-6-4-9(5-7-10)11-3-1-2-8-18(11)12(17)19/h4-7,11H,1-3,8H2,(H2,17,19)/t11-/m1/s1. The van der Waals surface area contributed by atoms with Crippen LogP contribution in [0.2, 0.25) is 0 Å². The van der Waals surface area contributed by atoms with Crippen molar-refractivity contribution in [2.24, 2.45) is 5.73 Å². The van der Waals surface area contributed by atoms with Gasteiger partial charge in [0, 0.05) is 6.54 Å². The topological polar surface area (TPSA) is 46.3 Å². The van der Waals surface area contributed by atoms with Gasteiger partial charge in [0.05, 0.1) is 11.6 Å². The highest BCUT2D eigenvalue weighted by Gasteiger charge is 2.31. The number of carbonyl (C=O) groups is 1. The molecule has 1 atom stereocenters. The minimum atomic E-state index is -4.34. The lowest BCUT2D eigenvalue weighted by atomic mass is 9.95. The fourth-order valence-electron chi connectivity index (χ4n) is 2.44. The average molecular weight is 272 g/mol. The third kappa shape index (κ3) is 3.00. The van der Waals surface area contributed by atoms with Crippen LogP contribution in [0.15, 0.2) is 24.3 Å². The molecule has 2 rings (SSSR count). The number of piperidine rings is 1. The van der Waals surface area contributed by atoms with E-state index in [1.807, 2.05) is 0 Å². The van der Waals surface area contributed by atoms with E-state index in [0.29, 0.717) is 12.1 Å². The van der Waals surface area contributed by atoms with E-state index in [4.69, 9.17) is 5.73 Å². The normalized spacial score (nSPS) is 20.4.